The fourth-order valence-corrected chi connectivity index (χ4v) is 3.95. The van der Waals surface area contributed by atoms with Gasteiger partial charge in [-0.05, 0) is 60.9 Å². The Morgan fingerprint density at radius 3 is 2.67 bits per heavy atom. The summed E-state index contributed by atoms with van der Waals surface area (Å²) >= 11 is 7.48. The smallest absolute Gasteiger partial charge is 0.236 e. The van der Waals surface area contributed by atoms with Crippen molar-refractivity contribution in [2.24, 2.45) is 0 Å². The first-order valence-corrected chi connectivity index (χ1v) is 9.19. The van der Waals surface area contributed by atoms with Gasteiger partial charge in [0.1, 0.15) is 5.75 Å². The van der Waals surface area contributed by atoms with E-state index in [0.717, 1.165) is 23.6 Å². The molecule has 0 spiro atoms. The zero-order valence-electron chi connectivity index (χ0n) is 13.8. The Bertz CT molecular complexity index is 733. The molecule has 0 aromatic heterocycles. The quantitative estimate of drug-likeness (QED) is 0.755. The molecule has 5 heteroatoms. The molecule has 1 amide bonds. The first-order chi connectivity index (χ1) is 11.6. The second kappa shape index (κ2) is 7.49. The zero-order chi connectivity index (χ0) is 17.1. The minimum absolute atomic E-state index is 0.127. The van der Waals surface area contributed by atoms with Gasteiger partial charge in [0.15, 0.2) is 0 Å². The lowest BCUT2D eigenvalue weighted by Gasteiger charge is -2.31. The Balaban J connectivity index is 1.67. The van der Waals surface area contributed by atoms with Crippen LogP contribution in [0.15, 0.2) is 47.4 Å². The monoisotopic (exact) mass is 361 g/mol. The van der Waals surface area contributed by atoms with Crippen molar-refractivity contribution in [1.29, 1.82) is 0 Å². The van der Waals surface area contributed by atoms with E-state index in [9.17, 15) is 4.79 Å². The number of fused-ring (bicyclic) bond motifs is 1. The van der Waals surface area contributed by atoms with Crippen molar-refractivity contribution in [3.8, 4) is 5.75 Å². The zero-order valence-corrected chi connectivity index (χ0v) is 15.4. The Kier molecular flexibility index (Phi) is 5.36. The number of rotatable bonds is 4. The number of thioether (sulfide) groups is 1. The molecule has 1 unspecified atom stereocenters. The Labute approximate surface area is 151 Å². The number of ether oxygens (including phenoxy) is 1. The normalized spacial score (nSPS) is 14.9. The molecule has 126 valence electrons. The van der Waals surface area contributed by atoms with E-state index >= 15 is 0 Å². The summed E-state index contributed by atoms with van der Waals surface area (Å²) in [6.07, 6.45) is 0.892. The fraction of sp³-hybridized carbons (Fsp3) is 0.316. The molecular weight excluding hydrogens is 342 g/mol. The molecular formula is C19H20ClNO2S. The van der Waals surface area contributed by atoms with E-state index in [2.05, 4.69) is 6.07 Å². The van der Waals surface area contributed by atoms with Gasteiger partial charge in [0.05, 0.1) is 12.4 Å². The van der Waals surface area contributed by atoms with Crippen molar-refractivity contribution in [2.75, 3.05) is 13.7 Å². The summed E-state index contributed by atoms with van der Waals surface area (Å²) < 4.78 is 5.29. The number of hydrogen-bond acceptors (Lipinski definition) is 3. The average Bonchev–Trinajstić information content (AvgIpc) is 2.62. The van der Waals surface area contributed by atoms with Gasteiger partial charge in [0.2, 0.25) is 5.91 Å². The Morgan fingerprint density at radius 1 is 1.21 bits per heavy atom. The highest BCUT2D eigenvalue weighted by atomic mass is 35.5. The van der Waals surface area contributed by atoms with Gasteiger partial charge in [0, 0.05) is 23.0 Å². The standard InChI is InChI=1S/C19H20ClNO2S/c1-13(24-18-7-4-16(20)5-8-18)19(22)21-10-9-14-3-6-17(23-2)11-15(14)12-21/h3-8,11,13H,9-10,12H2,1-2H3. The van der Waals surface area contributed by atoms with Gasteiger partial charge in [-0.15, -0.1) is 11.8 Å². The lowest BCUT2D eigenvalue weighted by atomic mass is 9.99. The van der Waals surface area contributed by atoms with E-state index in [1.807, 2.05) is 48.2 Å². The van der Waals surface area contributed by atoms with Crippen LogP contribution in [0.3, 0.4) is 0 Å². The van der Waals surface area contributed by atoms with Gasteiger partial charge in [-0.2, -0.15) is 0 Å². The minimum atomic E-state index is -0.127. The topological polar surface area (TPSA) is 29.5 Å². The second-order valence-corrected chi connectivity index (χ2v) is 7.71. The molecule has 0 saturated heterocycles. The minimum Gasteiger partial charge on any atom is -0.497 e. The third-order valence-corrected chi connectivity index (χ3v) is 5.56. The molecule has 2 aromatic carbocycles. The number of halogens is 1. The number of nitrogens with zero attached hydrogens (tertiary/aromatic N) is 1. The molecule has 3 rings (SSSR count). The average molecular weight is 362 g/mol. The van der Waals surface area contributed by atoms with Gasteiger partial charge in [0.25, 0.3) is 0 Å². The van der Waals surface area contributed by atoms with E-state index < -0.39 is 0 Å². The summed E-state index contributed by atoms with van der Waals surface area (Å²) in [5.74, 6) is 1.01. The number of carbonyl (C=O) groups is 1. The van der Waals surface area contributed by atoms with Crippen LogP contribution in [0.4, 0.5) is 0 Å². The van der Waals surface area contributed by atoms with Crippen LogP contribution >= 0.6 is 23.4 Å². The summed E-state index contributed by atoms with van der Waals surface area (Å²) in [6.45, 7) is 3.38. The lowest BCUT2D eigenvalue weighted by molar-refractivity contribution is -0.131. The van der Waals surface area contributed by atoms with E-state index in [0.29, 0.717) is 11.6 Å². The van der Waals surface area contributed by atoms with Crippen molar-refractivity contribution in [3.63, 3.8) is 0 Å². The van der Waals surface area contributed by atoms with Gasteiger partial charge in [-0.3, -0.25) is 4.79 Å². The maximum Gasteiger partial charge on any atom is 0.236 e. The van der Waals surface area contributed by atoms with Gasteiger partial charge in [-0.1, -0.05) is 17.7 Å². The number of hydrogen-bond donors (Lipinski definition) is 0. The van der Waals surface area contributed by atoms with E-state index in [-0.39, 0.29) is 11.2 Å². The third-order valence-electron chi connectivity index (χ3n) is 4.21. The fourth-order valence-electron chi connectivity index (χ4n) is 2.87. The lowest BCUT2D eigenvalue weighted by Crippen LogP contribution is -2.40. The highest BCUT2D eigenvalue weighted by Gasteiger charge is 2.25. The molecule has 0 bridgehead atoms. The van der Waals surface area contributed by atoms with E-state index in [1.54, 1.807) is 18.9 Å². The van der Waals surface area contributed by atoms with Crippen LogP contribution in [0.2, 0.25) is 5.02 Å². The SMILES string of the molecule is COc1ccc2c(c1)CN(C(=O)C(C)Sc1ccc(Cl)cc1)CC2. The van der Waals surface area contributed by atoms with Crippen molar-refractivity contribution < 1.29 is 9.53 Å². The summed E-state index contributed by atoms with van der Waals surface area (Å²) in [4.78, 5) is 15.8. The summed E-state index contributed by atoms with van der Waals surface area (Å²) in [7, 11) is 1.66. The number of benzene rings is 2. The molecule has 0 radical (unpaired) electrons. The molecule has 0 N–H and O–H groups in total. The predicted octanol–water partition coefficient (Wildman–Crippen LogP) is 4.41. The maximum atomic E-state index is 12.8. The van der Waals surface area contributed by atoms with E-state index in [1.165, 1.54) is 11.1 Å². The van der Waals surface area contributed by atoms with Crippen LogP contribution in [-0.4, -0.2) is 29.7 Å². The predicted molar refractivity (Wildman–Crippen MR) is 98.9 cm³/mol. The first kappa shape index (κ1) is 17.2. The van der Waals surface area contributed by atoms with Gasteiger partial charge in [-0.25, -0.2) is 0 Å². The summed E-state index contributed by atoms with van der Waals surface area (Å²) in [5, 5.41) is 0.582. The molecule has 3 nitrogen and oxygen atoms in total. The van der Waals surface area contributed by atoms with Gasteiger partial charge >= 0.3 is 0 Å². The third kappa shape index (κ3) is 3.87. The van der Waals surface area contributed by atoms with Crippen molar-refractivity contribution in [2.45, 2.75) is 30.0 Å². The molecule has 2 aromatic rings. The molecule has 24 heavy (non-hydrogen) atoms. The molecule has 0 saturated carbocycles. The van der Waals surface area contributed by atoms with Crippen molar-refractivity contribution >= 4 is 29.3 Å². The molecule has 1 heterocycles. The first-order valence-electron chi connectivity index (χ1n) is 7.93. The molecule has 0 aliphatic carbocycles. The van der Waals surface area contributed by atoms with Crippen LogP contribution in [0.25, 0.3) is 0 Å². The van der Waals surface area contributed by atoms with E-state index in [4.69, 9.17) is 16.3 Å². The highest BCUT2D eigenvalue weighted by molar-refractivity contribution is 8.00. The summed E-state index contributed by atoms with van der Waals surface area (Å²) in [6, 6.07) is 13.7. The van der Waals surface area contributed by atoms with Gasteiger partial charge < -0.3 is 9.64 Å². The largest absolute Gasteiger partial charge is 0.497 e. The Morgan fingerprint density at radius 2 is 1.96 bits per heavy atom. The number of carbonyl (C=O) groups excluding carboxylic acids is 1. The summed E-state index contributed by atoms with van der Waals surface area (Å²) in [5.41, 5.74) is 2.48. The second-order valence-electron chi connectivity index (χ2n) is 5.86. The number of methoxy groups -OCH3 is 1. The maximum absolute atomic E-state index is 12.8. The van der Waals surface area contributed by atoms with Crippen LogP contribution in [0.1, 0.15) is 18.1 Å². The van der Waals surface area contributed by atoms with Crippen molar-refractivity contribution in [1.82, 2.24) is 4.90 Å². The van der Waals surface area contributed by atoms with Crippen molar-refractivity contribution in [3.05, 3.63) is 58.6 Å². The van der Waals surface area contributed by atoms with Crippen LogP contribution in [0, 0.1) is 0 Å². The highest BCUT2D eigenvalue weighted by Crippen LogP contribution is 2.28. The van der Waals surface area contributed by atoms with Crippen LogP contribution in [-0.2, 0) is 17.8 Å². The number of amides is 1. The van der Waals surface area contributed by atoms with Crippen LogP contribution < -0.4 is 4.74 Å². The Hall–Kier alpha value is -1.65. The molecule has 1 aliphatic rings. The molecule has 0 fully saturated rings. The van der Waals surface area contributed by atoms with Crippen LogP contribution in [0.5, 0.6) is 5.75 Å². The molecule has 1 aliphatic heterocycles. The molecule has 1 atom stereocenters.